The van der Waals surface area contributed by atoms with Gasteiger partial charge in [0, 0.05) is 5.92 Å². The first kappa shape index (κ1) is 7.10. The number of nitrogens with zero attached hydrogens (tertiary/aromatic N) is 1. The summed E-state index contributed by atoms with van der Waals surface area (Å²) < 4.78 is 0. The minimum atomic E-state index is -0.0775. The maximum Gasteiger partial charge on any atom is 0.249 e. The van der Waals surface area contributed by atoms with Crippen molar-refractivity contribution in [2.24, 2.45) is 11.3 Å². The van der Waals surface area contributed by atoms with Crippen LogP contribution in [0, 0.1) is 11.3 Å². The molecule has 0 radical (unpaired) electrons. The van der Waals surface area contributed by atoms with Gasteiger partial charge < -0.3 is 0 Å². The van der Waals surface area contributed by atoms with Gasteiger partial charge in [0.05, 0.1) is 6.04 Å². The Morgan fingerprint density at radius 2 is 2.18 bits per heavy atom. The molecule has 3 heteroatoms. The molecule has 1 amide bonds. The standard InChI is InChI=1S/C8H13NO2/c1-8(2)5-3-4-6(8)9(11)7(5)10/h5-6,11H,3-4H2,1-2H3. The van der Waals surface area contributed by atoms with Crippen molar-refractivity contribution in [1.29, 1.82) is 0 Å². The number of rotatable bonds is 0. The molecule has 1 saturated heterocycles. The largest absolute Gasteiger partial charge is 0.286 e. The van der Waals surface area contributed by atoms with Crippen molar-refractivity contribution in [2.45, 2.75) is 32.7 Å². The highest BCUT2D eigenvalue weighted by Gasteiger charge is 2.57. The second kappa shape index (κ2) is 1.78. The molecule has 62 valence electrons. The van der Waals surface area contributed by atoms with Crippen molar-refractivity contribution < 1.29 is 10.0 Å². The van der Waals surface area contributed by atoms with Crippen molar-refractivity contribution >= 4 is 5.91 Å². The van der Waals surface area contributed by atoms with Crippen LogP contribution in [0.25, 0.3) is 0 Å². The molecule has 11 heavy (non-hydrogen) atoms. The van der Waals surface area contributed by atoms with E-state index in [1.807, 2.05) is 0 Å². The zero-order valence-corrected chi connectivity index (χ0v) is 6.87. The Kier molecular flexibility index (Phi) is 1.15. The molecule has 2 bridgehead atoms. The quantitative estimate of drug-likeness (QED) is 0.530. The summed E-state index contributed by atoms with van der Waals surface area (Å²) in [5.74, 6) is -0.0104. The second-order valence-corrected chi connectivity index (χ2v) is 4.15. The third-order valence-corrected chi connectivity index (χ3v) is 3.30. The lowest BCUT2D eigenvalue weighted by atomic mass is 9.83. The van der Waals surface area contributed by atoms with Gasteiger partial charge in [-0.15, -0.1) is 0 Å². The maximum atomic E-state index is 11.3. The average molecular weight is 155 g/mol. The van der Waals surface area contributed by atoms with Crippen molar-refractivity contribution in [2.75, 3.05) is 0 Å². The summed E-state index contributed by atoms with van der Waals surface area (Å²) in [5, 5.41) is 10.2. The highest BCUT2D eigenvalue weighted by molar-refractivity contribution is 5.82. The van der Waals surface area contributed by atoms with Gasteiger partial charge in [0.2, 0.25) is 5.91 Å². The van der Waals surface area contributed by atoms with E-state index in [-0.39, 0.29) is 23.3 Å². The van der Waals surface area contributed by atoms with E-state index in [1.54, 1.807) is 0 Å². The minimum absolute atomic E-state index is 0.00810. The van der Waals surface area contributed by atoms with Crippen LogP contribution >= 0.6 is 0 Å². The van der Waals surface area contributed by atoms with E-state index in [4.69, 9.17) is 0 Å². The fourth-order valence-electron chi connectivity index (χ4n) is 2.49. The van der Waals surface area contributed by atoms with Crippen LogP contribution in [-0.4, -0.2) is 22.2 Å². The maximum absolute atomic E-state index is 11.3. The predicted octanol–water partition coefficient (Wildman–Crippen LogP) is 1.02. The first-order valence-corrected chi connectivity index (χ1v) is 4.07. The monoisotopic (exact) mass is 155 g/mol. The summed E-state index contributed by atoms with van der Waals surface area (Å²) in [6.45, 7) is 4.12. The summed E-state index contributed by atoms with van der Waals surface area (Å²) >= 11 is 0. The molecule has 0 spiro atoms. The van der Waals surface area contributed by atoms with Gasteiger partial charge >= 0.3 is 0 Å². The zero-order chi connectivity index (χ0) is 8.22. The Hall–Kier alpha value is -0.570. The summed E-state index contributed by atoms with van der Waals surface area (Å²) in [5.41, 5.74) is -0.00810. The molecule has 1 N–H and O–H groups in total. The van der Waals surface area contributed by atoms with Gasteiger partial charge in [-0.05, 0) is 18.3 Å². The SMILES string of the molecule is CC1(C)C2CCC1N(O)C2=O. The molecule has 1 aliphatic heterocycles. The predicted molar refractivity (Wildman–Crippen MR) is 38.9 cm³/mol. The van der Waals surface area contributed by atoms with Gasteiger partial charge in [-0.25, -0.2) is 5.06 Å². The van der Waals surface area contributed by atoms with E-state index < -0.39 is 0 Å². The third kappa shape index (κ3) is 0.644. The average Bonchev–Trinajstić information content (AvgIpc) is 2.27. The molecule has 2 atom stereocenters. The molecule has 2 fully saturated rings. The van der Waals surface area contributed by atoms with Gasteiger partial charge in [0.1, 0.15) is 0 Å². The van der Waals surface area contributed by atoms with Crippen LogP contribution in [0.5, 0.6) is 0 Å². The van der Waals surface area contributed by atoms with Crippen LogP contribution in [0.15, 0.2) is 0 Å². The number of carbonyl (C=O) groups is 1. The van der Waals surface area contributed by atoms with Crippen LogP contribution in [0.4, 0.5) is 0 Å². The Morgan fingerprint density at radius 3 is 2.45 bits per heavy atom. The molecule has 0 aromatic rings. The fourth-order valence-corrected chi connectivity index (χ4v) is 2.49. The van der Waals surface area contributed by atoms with Gasteiger partial charge in [0.25, 0.3) is 0 Å². The van der Waals surface area contributed by atoms with Gasteiger partial charge in [-0.2, -0.15) is 0 Å². The van der Waals surface area contributed by atoms with E-state index in [1.165, 1.54) is 0 Å². The molecular weight excluding hydrogens is 142 g/mol. The molecule has 0 aromatic carbocycles. The zero-order valence-electron chi connectivity index (χ0n) is 6.87. The van der Waals surface area contributed by atoms with Crippen LogP contribution in [0.2, 0.25) is 0 Å². The van der Waals surface area contributed by atoms with E-state index in [9.17, 15) is 10.0 Å². The number of fused-ring (bicyclic) bond motifs is 2. The summed E-state index contributed by atoms with van der Waals surface area (Å²) in [6, 6.07) is 0.0694. The highest BCUT2D eigenvalue weighted by Crippen LogP contribution is 2.51. The van der Waals surface area contributed by atoms with Crippen molar-refractivity contribution in [3.63, 3.8) is 0 Å². The number of hydroxylamine groups is 2. The van der Waals surface area contributed by atoms with Crippen LogP contribution in [-0.2, 0) is 4.79 Å². The number of carbonyl (C=O) groups excluding carboxylic acids is 1. The van der Waals surface area contributed by atoms with Crippen LogP contribution in [0.1, 0.15) is 26.7 Å². The fraction of sp³-hybridized carbons (Fsp3) is 0.875. The Morgan fingerprint density at radius 1 is 1.55 bits per heavy atom. The summed E-state index contributed by atoms with van der Waals surface area (Å²) in [4.78, 5) is 11.3. The number of amides is 1. The molecule has 3 nitrogen and oxygen atoms in total. The van der Waals surface area contributed by atoms with Gasteiger partial charge in [-0.1, -0.05) is 13.8 Å². The molecule has 1 heterocycles. The van der Waals surface area contributed by atoms with Crippen LogP contribution < -0.4 is 0 Å². The van der Waals surface area contributed by atoms with E-state index in [0.29, 0.717) is 0 Å². The molecule has 2 rings (SSSR count). The van der Waals surface area contributed by atoms with Gasteiger partial charge in [-0.3, -0.25) is 10.0 Å². The lowest BCUT2D eigenvalue weighted by molar-refractivity contribution is -0.172. The first-order chi connectivity index (χ1) is 5.05. The first-order valence-electron chi connectivity index (χ1n) is 4.07. The van der Waals surface area contributed by atoms with E-state index >= 15 is 0 Å². The summed E-state index contributed by atoms with van der Waals surface area (Å²) in [7, 11) is 0. The van der Waals surface area contributed by atoms with Crippen molar-refractivity contribution in [1.82, 2.24) is 5.06 Å². The molecule has 2 unspecified atom stereocenters. The van der Waals surface area contributed by atoms with Crippen molar-refractivity contribution in [3.8, 4) is 0 Å². The number of hydrogen-bond donors (Lipinski definition) is 1. The van der Waals surface area contributed by atoms with Crippen molar-refractivity contribution in [3.05, 3.63) is 0 Å². The lowest BCUT2D eigenvalue weighted by Crippen LogP contribution is -2.35. The Balaban J connectivity index is 2.39. The van der Waals surface area contributed by atoms with Crippen LogP contribution in [0.3, 0.4) is 0 Å². The highest BCUT2D eigenvalue weighted by atomic mass is 16.5. The Bertz CT molecular complexity index is 212. The van der Waals surface area contributed by atoms with Gasteiger partial charge in [0.15, 0.2) is 0 Å². The molecule has 1 saturated carbocycles. The second-order valence-electron chi connectivity index (χ2n) is 4.15. The van der Waals surface area contributed by atoms with E-state index in [0.717, 1.165) is 17.9 Å². The topological polar surface area (TPSA) is 40.5 Å². The molecule has 1 aliphatic carbocycles. The smallest absolute Gasteiger partial charge is 0.249 e. The summed E-state index contributed by atoms with van der Waals surface area (Å²) in [6.07, 6.45) is 1.91. The molecule has 0 aromatic heterocycles. The minimum Gasteiger partial charge on any atom is -0.286 e. The molecule has 2 aliphatic rings. The van der Waals surface area contributed by atoms with E-state index in [2.05, 4.69) is 13.8 Å². The Labute approximate surface area is 66.0 Å². The number of hydrogen-bond acceptors (Lipinski definition) is 2. The number of piperidine rings is 1. The normalized spacial score (nSPS) is 40.3. The third-order valence-electron chi connectivity index (χ3n) is 3.30. The lowest BCUT2D eigenvalue weighted by Gasteiger charge is -2.23. The molecular formula is C8H13NO2.